The fourth-order valence-corrected chi connectivity index (χ4v) is 3.96. The van der Waals surface area contributed by atoms with Gasteiger partial charge < -0.3 is 20.1 Å². The molecule has 0 amide bonds. The Bertz CT molecular complexity index is 795. The van der Waals surface area contributed by atoms with Crippen LogP contribution in [0.15, 0.2) is 30.3 Å². The number of piperidine rings is 1. The molecule has 0 aromatic heterocycles. The van der Waals surface area contributed by atoms with E-state index in [2.05, 4.69) is 10.6 Å². The standard InChI is InChI=1S/C21H25Cl3N2O2/c1-27-20-8-16(12-26-11-14-4-6-25-7-5-14)19(24)10-21(20)28-13-15-2-3-17(22)9-18(15)23/h2-3,8-10,14,25-26H,4-7,11-13H2,1H3. The van der Waals surface area contributed by atoms with Crippen LogP contribution < -0.4 is 20.1 Å². The molecule has 1 fully saturated rings. The molecule has 0 atom stereocenters. The Morgan fingerprint density at radius 2 is 1.75 bits per heavy atom. The van der Waals surface area contributed by atoms with E-state index in [4.69, 9.17) is 44.3 Å². The second-order valence-corrected chi connectivity index (χ2v) is 8.19. The summed E-state index contributed by atoms with van der Waals surface area (Å²) in [5.41, 5.74) is 1.83. The molecule has 1 saturated heterocycles. The highest BCUT2D eigenvalue weighted by Crippen LogP contribution is 2.34. The van der Waals surface area contributed by atoms with E-state index in [9.17, 15) is 0 Å². The predicted molar refractivity (Wildman–Crippen MR) is 116 cm³/mol. The monoisotopic (exact) mass is 442 g/mol. The average molecular weight is 444 g/mol. The summed E-state index contributed by atoms with van der Waals surface area (Å²) in [4.78, 5) is 0. The van der Waals surface area contributed by atoms with Gasteiger partial charge in [0.15, 0.2) is 11.5 Å². The third-order valence-electron chi connectivity index (χ3n) is 4.94. The maximum Gasteiger partial charge on any atom is 0.163 e. The van der Waals surface area contributed by atoms with Crippen LogP contribution in [0.2, 0.25) is 15.1 Å². The van der Waals surface area contributed by atoms with Crippen molar-refractivity contribution in [3.8, 4) is 11.5 Å². The van der Waals surface area contributed by atoms with E-state index < -0.39 is 0 Å². The second kappa shape index (κ2) is 10.6. The van der Waals surface area contributed by atoms with Crippen molar-refractivity contribution in [2.45, 2.75) is 26.0 Å². The number of methoxy groups -OCH3 is 1. The number of hydrogen-bond donors (Lipinski definition) is 2. The van der Waals surface area contributed by atoms with Crippen molar-refractivity contribution in [1.29, 1.82) is 0 Å². The molecule has 2 N–H and O–H groups in total. The zero-order chi connectivity index (χ0) is 19.9. The van der Waals surface area contributed by atoms with Crippen molar-refractivity contribution in [2.75, 3.05) is 26.7 Å². The molecule has 152 valence electrons. The van der Waals surface area contributed by atoms with Gasteiger partial charge in [0.2, 0.25) is 0 Å². The first-order valence-electron chi connectivity index (χ1n) is 9.41. The van der Waals surface area contributed by atoms with Crippen LogP contribution in [0.25, 0.3) is 0 Å². The fraction of sp³-hybridized carbons (Fsp3) is 0.429. The first-order valence-corrected chi connectivity index (χ1v) is 10.5. The van der Waals surface area contributed by atoms with Crippen LogP contribution in [0, 0.1) is 5.92 Å². The van der Waals surface area contributed by atoms with E-state index in [1.807, 2.05) is 12.1 Å². The summed E-state index contributed by atoms with van der Waals surface area (Å²) >= 11 is 18.6. The topological polar surface area (TPSA) is 42.5 Å². The molecular formula is C21H25Cl3N2O2. The Hall–Kier alpha value is -1.17. The fourth-order valence-electron chi connectivity index (χ4n) is 3.28. The largest absolute Gasteiger partial charge is 0.493 e. The number of hydrogen-bond acceptors (Lipinski definition) is 4. The highest BCUT2D eigenvalue weighted by molar-refractivity contribution is 6.35. The highest BCUT2D eigenvalue weighted by atomic mass is 35.5. The van der Waals surface area contributed by atoms with Gasteiger partial charge in [-0.2, -0.15) is 0 Å². The molecule has 4 nitrogen and oxygen atoms in total. The predicted octanol–water partition coefficient (Wildman–Crippen LogP) is 5.32. The van der Waals surface area contributed by atoms with Crippen LogP contribution in [0.3, 0.4) is 0 Å². The van der Waals surface area contributed by atoms with E-state index in [0.29, 0.717) is 45.6 Å². The first kappa shape index (κ1) is 21.5. The molecule has 1 aliphatic rings. The van der Waals surface area contributed by atoms with Crippen molar-refractivity contribution >= 4 is 34.8 Å². The highest BCUT2D eigenvalue weighted by Gasteiger charge is 2.14. The average Bonchev–Trinajstić information content (AvgIpc) is 2.69. The van der Waals surface area contributed by atoms with Crippen LogP contribution in [-0.4, -0.2) is 26.7 Å². The van der Waals surface area contributed by atoms with Gasteiger partial charge in [0.1, 0.15) is 6.61 Å². The van der Waals surface area contributed by atoms with Crippen LogP contribution in [0.5, 0.6) is 11.5 Å². The minimum Gasteiger partial charge on any atom is -0.493 e. The number of ether oxygens (including phenoxy) is 2. The summed E-state index contributed by atoms with van der Waals surface area (Å²) in [6.45, 7) is 4.20. The molecule has 0 unspecified atom stereocenters. The Kier molecular flexibility index (Phi) is 8.12. The molecule has 3 rings (SSSR count). The lowest BCUT2D eigenvalue weighted by molar-refractivity contribution is 0.284. The van der Waals surface area contributed by atoms with Crippen molar-refractivity contribution in [3.63, 3.8) is 0 Å². The lowest BCUT2D eigenvalue weighted by Crippen LogP contribution is -2.33. The molecule has 0 aliphatic carbocycles. The van der Waals surface area contributed by atoms with Gasteiger partial charge in [-0.15, -0.1) is 0 Å². The van der Waals surface area contributed by atoms with Crippen LogP contribution >= 0.6 is 34.8 Å². The van der Waals surface area contributed by atoms with Gasteiger partial charge in [-0.05, 0) is 62.2 Å². The molecule has 0 spiro atoms. The molecular weight excluding hydrogens is 419 g/mol. The van der Waals surface area contributed by atoms with E-state index in [1.54, 1.807) is 25.3 Å². The molecule has 0 saturated carbocycles. The number of benzene rings is 2. The van der Waals surface area contributed by atoms with E-state index in [-0.39, 0.29) is 0 Å². The van der Waals surface area contributed by atoms with Gasteiger partial charge in [0, 0.05) is 33.2 Å². The molecule has 28 heavy (non-hydrogen) atoms. The minimum absolute atomic E-state index is 0.302. The van der Waals surface area contributed by atoms with Gasteiger partial charge in [-0.1, -0.05) is 40.9 Å². The molecule has 1 heterocycles. The number of halogens is 3. The minimum atomic E-state index is 0.302. The van der Waals surface area contributed by atoms with E-state index in [0.717, 1.165) is 30.8 Å². The van der Waals surface area contributed by atoms with Gasteiger partial charge in [-0.25, -0.2) is 0 Å². The molecule has 0 bridgehead atoms. The summed E-state index contributed by atoms with van der Waals surface area (Å²) in [5.74, 6) is 1.95. The van der Waals surface area contributed by atoms with Crippen molar-refractivity contribution in [1.82, 2.24) is 10.6 Å². The molecule has 0 radical (unpaired) electrons. The smallest absolute Gasteiger partial charge is 0.163 e. The quantitative estimate of drug-likeness (QED) is 0.579. The maximum absolute atomic E-state index is 6.48. The summed E-state index contributed by atoms with van der Waals surface area (Å²) in [6, 6.07) is 9.05. The normalized spacial score (nSPS) is 14.9. The number of nitrogens with one attached hydrogen (secondary N) is 2. The third-order valence-corrected chi connectivity index (χ3v) is 5.88. The number of rotatable bonds is 8. The lowest BCUT2D eigenvalue weighted by atomic mass is 9.98. The Morgan fingerprint density at radius 1 is 1.00 bits per heavy atom. The summed E-state index contributed by atoms with van der Waals surface area (Å²) in [7, 11) is 1.62. The van der Waals surface area contributed by atoms with Gasteiger partial charge >= 0.3 is 0 Å². The Morgan fingerprint density at radius 3 is 2.46 bits per heavy atom. The molecule has 7 heteroatoms. The zero-order valence-electron chi connectivity index (χ0n) is 15.9. The second-order valence-electron chi connectivity index (χ2n) is 6.94. The van der Waals surface area contributed by atoms with E-state index >= 15 is 0 Å². The molecule has 2 aromatic rings. The molecule has 2 aromatic carbocycles. The Balaban J connectivity index is 1.61. The summed E-state index contributed by atoms with van der Waals surface area (Å²) in [5, 5.41) is 8.71. The summed E-state index contributed by atoms with van der Waals surface area (Å²) < 4.78 is 11.4. The SMILES string of the molecule is COc1cc(CNCC2CCNCC2)c(Cl)cc1OCc1ccc(Cl)cc1Cl. The first-order chi connectivity index (χ1) is 13.6. The van der Waals surface area contributed by atoms with Crippen molar-refractivity contribution < 1.29 is 9.47 Å². The molecule has 1 aliphatic heterocycles. The maximum atomic E-state index is 6.48. The van der Waals surface area contributed by atoms with Crippen molar-refractivity contribution in [2.24, 2.45) is 5.92 Å². The van der Waals surface area contributed by atoms with Gasteiger partial charge in [-0.3, -0.25) is 0 Å². The lowest BCUT2D eigenvalue weighted by Gasteiger charge is -2.23. The van der Waals surface area contributed by atoms with Gasteiger partial charge in [0.25, 0.3) is 0 Å². The van der Waals surface area contributed by atoms with Gasteiger partial charge in [0.05, 0.1) is 7.11 Å². The van der Waals surface area contributed by atoms with Crippen LogP contribution in [0.4, 0.5) is 0 Å². The van der Waals surface area contributed by atoms with Crippen LogP contribution in [0.1, 0.15) is 24.0 Å². The summed E-state index contributed by atoms with van der Waals surface area (Å²) in [6.07, 6.45) is 2.42. The van der Waals surface area contributed by atoms with E-state index in [1.165, 1.54) is 12.8 Å². The zero-order valence-corrected chi connectivity index (χ0v) is 18.1. The third kappa shape index (κ3) is 5.91. The Labute approximate surface area is 181 Å². The van der Waals surface area contributed by atoms with Crippen molar-refractivity contribution in [3.05, 3.63) is 56.5 Å². The van der Waals surface area contributed by atoms with Crippen LogP contribution in [-0.2, 0) is 13.2 Å².